The van der Waals surface area contributed by atoms with Gasteiger partial charge in [-0.3, -0.25) is 0 Å². The number of cyclic esters (lactones) is 1. The minimum absolute atomic E-state index is 0.0622. The monoisotopic (exact) mass is 294 g/mol. The number of hydrogen-bond acceptors (Lipinski definition) is 3. The molecular weight excluding hydrogens is 264 g/mol. The maximum absolute atomic E-state index is 12.8. The van der Waals surface area contributed by atoms with Gasteiger partial charge in [0.15, 0.2) is 5.60 Å². The summed E-state index contributed by atoms with van der Waals surface area (Å²) in [6, 6.07) is 0. The molecule has 0 radical (unpaired) electrons. The lowest BCUT2D eigenvalue weighted by molar-refractivity contribution is -0.327. The summed E-state index contributed by atoms with van der Waals surface area (Å²) >= 11 is 0. The first-order chi connectivity index (χ1) is 9.97. The molecule has 0 aromatic carbocycles. The van der Waals surface area contributed by atoms with E-state index in [1.54, 1.807) is 0 Å². The number of carbonyl (C=O) groups excluding carboxylic acids is 1. The standard InChI is InChI=1S/C18H30O3/c1-13-9-10-15-17(2,3)21-18(15,16(19)20-12-11-13)14-7-5-4-6-8-14/h13-15H,4-12H2,1-3H3/t13-,15+,18+/m1/s1. The molecule has 0 bridgehead atoms. The van der Waals surface area contributed by atoms with Gasteiger partial charge in [-0.15, -0.1) is 0 Å². The van der Waals surface area contributed by atoms with E-state index in [0.717, 1.165) is 25.7 Å². The first kappa shape index (κ1) is 15.3. The summed E-state index contributed by atoms with van der Waals surface area (Å²) in [7, 11) is 0. The van der Waals surface area contributed by atoms with Crippen molar-refractivity contribution in [2.24, 2.45) is 17.8 Å². The highest BCUT2D eigenvalue weighted by Gasteiger charge is 2.68. The fourth-order valence-electron chi connectivity index (χ4n) is 4.91. The van der Waals surface area contributed by atoms with Crippen molar-refractivity contribution < 1.29 is 14.3 Å². The molecule has 0 spiro atoms. The summed E-state index contributed by atoms with van der Waals surface area (Å²) in [6.07, 6.45) is 9.27. The van der Waals surface area contributed by atoms with Crippen LogP contribution in [0, 0.1) is 17.8 Å². The van der Waals surface area contributed by atoms with Gasteiger partial charge in [0.25, 0.3) is 0 Å². The average molecular weight is 294 g/mol. The Balaban J connectivity index is 1.90. The molecule has 3 heteroatoms. The van der Waals surface area contributed by atoms with Crippen LogP contribution in [0.15, 0.2) is 0 Å². The summed E-state index contributed by atoms with van der Waals surface area (Å²) in [5, 5.41) is 0. The molecular formula is C18H30O3. The molecule has 0 amide bonds. The number of rotatable bonds is 1. The topological polar surface area (TPSA) is 35.5 Å². The molecule has 0 aromatic heterocycles. The van der Waals surface area contributed by atoms with E-state index in [4.69, 9.17) is 9.47 Å². The minimum Gasteiger partial charge on any atom is -0.464 e. The fraction of sp³-hybridized carbons (Fsp3) is 0.944. The second-order valence-corrected chi connectivity index (χ2v) is 7.99. The lowest BCUT2D eigenvalue weighted by Crippen LogP contribution is -2.73. The van der Waals surface area contributed by atoms with E-state index in [1.807, 2.05) is 0 Å². The molecule has 1 saturated carbocycles. The van der Waals surface area contributed by atoms with Gasteiger partial charge in [-0.1, -0.05) is 32.6 Å². The number of esters is 1. The van der Waals surface area contributed by atoms with Gasteiger partial charge in [0.2, 0.25) is 0 Å². The van der Waals surface area contributed by atoms with Crippen molar-refractivity contribution >= 4 is 5.97 Å². The van der Waals surface area contributed by atoms with Crippen LogP contribution >= 0.6 is 0 Å². The summed E-state index contributed by atoms with van der Waals surface area (Å²) in [5.74, 6) is 1.26. The molecule has 1 aliphatic carbocycles. The molecule has 0 unspecified atom stereocenters. The predicted octanol–water partition coefficient (Wildman–Crippen LogP) is 4.09. The predicted molar refractivity (Wildman–Crippen MR) is 81.9 cm³/mol. The zero-order chi connectivity index (χ0) is 15.1. The molecule has 2 saturated heterocycles. The van der Waals surface area contributed by atoms with Crippen molar-refractivity contribution in [1.29, 1.82) is 0 Å². The summed E-state index contributed by atoms with van der Waals surface area (Å²) in [5.41, 5.74) is -0.811. The Kier molecular flexibility index (Phi) is 4.06. The van der Waals surface area contributed by atoms with Crippen molar-refractivity contribution in [3.05, 3.63) is 0 Å². The molecule has 3 atom stereocenters. The first-order valence-electron chi connectivity index (χ1n) is 8.84. The van der Waals surface area contributed by atoms with Crippen molar-refractivity contribution in [3.8, 4) is 0 Å². The molecule has 3 aliphatic rings. The van der Waals surface area contributed by atoms with Gasteiger partial charge in [-0.2, -0.15) is 0 Å². The van der Waals surface area contributed by atoms with E-state index in [0.29, 0.717) is 24.4 Å². The van der Waals surface area contributed by atoms with Crippen LogP contribution in [-0.2, 0) is 14.3 Å². The van der Waals surface area contributed by atoms with Crippen LogP contribution in [-0.4, -0.2) is 23.8 Å². The van der Waals surface area contributed by atoms with E-state index < -0.39 is 5.60 Å². The van der Waals surface area contributed by atoms with Gasteiger partial charge >= 0.3 is 5.97 Å². The highest BCUT2D eigenvalue weighted by Crippen LogP contribution is 2.57. The number of hydrogen-bond donors (Lipinski definition) is 0. The summed E-state index contributed by atoms with van der Waals surface area (Å²) < 4.78 is 12.0. The molecule has 0 N–H and O–H groups in total. The Labute approximate surface area is 128 Å². The molecule has 21 heavy (non-hydrogen) atoms. The third-order valence-corrected chi connectivity index (χ3v) is 6.11. The van der Waals surface area contributed by atoms with Gasteiger partial charge in [0.1, 0.15) is 0 Å². The zero-order valence-corrected chi connectivity index (χ0v) is 13.8. The molecule has 0 aromatic rings. The molecule has 120 valence electrons. The highest BCUT2D eigenvalue weighted by molar-refractivity contribution is 5.82. The first-order valence-corrected chi connectivity index (χ1v) is 8.84. The third kappa shape index (κ3) is 2.52. The Morgan fingerprint density at radius 3 is 2.38 bits per heavy atom. The molecule has 2 heterocycles. The maximum Gasteiger partial charge on any atom is 0.339 e. The van der Waals surface area contributed by atoms with Gasteiger partial charge in [-0.05, 0) is 51.4 Å². The van der Waals surface area contributed by atoms with Crippen molar-refractivity contribution in [3.63, 3.8) is 0 Å². The van der Waals surface area contributed by atoms with Crippen LogP contribution in [0.1, 0.15) is 72.1 Å². The molecule has 3 nitrogen and oxygen atoms in total. The van der Waals surface area contributed by atoms with Crippen LogP contribution in [0.5, 0.6) is 0 Å². The normalized spacial score (nSPS) is 41.0. The highest BCUT2D eigenvalue weighted by atomic mass is 16.6. The van der Waals surface area contributed by atoms with E-state index >= 15 is 0 Å². The summed E-state index contributed by atoms with van der Waals surface area (Å²) in [4.78, 5) is 12.8. The zero-order valence-electron chi connectivity index (χ0n) is 13.8. The third-order valence-electron chi connectivity index (χ3n) is 6.11. The maximum atomic E-state index is 12.8. The van der Waals surface area contributed by atoms with Gasteiger partial charge in [0, 0.05) is 5.92 Å². The van der Waals surface area contributed by atoms with E-state index in [9.17, 15) is 4.79 Å². The van der Waals surface area contributed by atoms with Gasteiger partial charge < -0.3 is 9.47 Å². The van der Waals surface area contributed by atoms with Crippen LogP contribution < -0.4 is 0 Å². The van der Waals surface area contributed by atoms with Gasteiger partial charge in [-0.25, -0.2) is 4.79 Å². The van der Waals surface area contributed by atoms with Crippen LogP contribution in [0.25, 0.3) is 0 Å². The van der Waals surface area contributed by atoms with Crippen molar-refractivity contribution in [1.82, 2.24) is 0 Å². The molecule has 3 fully saturated rings. The van der Waals surface area contributed by atoms with Crippen molar-refractivity contribution in [2.75, 3.05) is 6.61 Å². The van der Waals surface area contributed by atoms with E-state index in [2.05, 4.69) is 20.8 Å². The SMILES string of the molecule is C[C@H]1CCOC(=O)[C@@]2(C3CCCCC3)OC(C)(C)[C@@H]2CC1. The largest absolute Gasteiger partial charge is 0.464 e. The minimum atomic E-state index is -0.631. The Bertz CT molecular complexity index is 397. The fourth-order valence-corrected chi connectivity index (χ4v) is 4.91. The number of ether oxygens (including phenoxy) is 2. The van der Waals surface area contributed by atoms with E-state index in [-0.39, 0.29) is 11.6 Å². The van der Waals surface area contributed by atoms with Crippen LogP contribution in [0.3, 0.4) is 0 Å². The lowest BCUT2D eigenvalue weighted by Gasteiger charge is -2.61. The van der Waals surface area contributed by atoms with E-state index in [1.165, 1.54) is 25.7 Å². The smallest absolute Gasteiger partial charge is 0.339 e. The second kappa shape index (κ2) is 5.57. The van der Waals surface area contributed by atoms with Gasteiger partial charge in [0.05, 0.1) is 12.2 Å². The number of fused-ring (bicyclic) bond motifs is 1. The molecule has 2 aliphatic heterocycles. The van der Waals surface area contributed by atoms with Crippen LogP contribution in [0.2, 0.25) is 0 Å². The average Bonchev–Trinajstić information content (AvgIpc) is 2.49. The summed E-state index contributed by atoms with van der Waals surface area (Å²) in [6.45, 7) is 7.13. The quantitative estimate of drug-likeness (QED) is 0.683. The number of carbonyl (C=O) groups is 1. The Morgan fingerprint density at radius 1 is 1.00 bits per heavy atom. The second-order valence-electron chi connectivity index (χ2n) is 7.99. The lowest BCUT2D eigenvalue weighted by atomic mass is 9.59. The van der Waals surface area contributed by atoms with Crippen LogP contribution in [0.4, 0.5) is 0 Å². The Morgan fingerprint density at radius 2 is 1.71 bits per heavy atom. The molecule has 3 rings (SSSR count). The Hall–Kier alpha value is -0.570. The van der Waals surface area contributed by atoms with Crippen molar-refractivity contribution in [2.45, 2.75) is 83.3 Å².